The van der Waals surface area contributed by atoms with Crippen molar-refractivity contribution >= 4 is 11.3 Å². The molecule has 3 heteroatoms. The molecule has 2 atom stereocenters. The first-order valence-electron chi connectivity index (χ1n) is 4.65. The van der Waals surface area contributed by atoms with Crippen molar-refractivity contribution in [2.24, 2.45) is 0 Å². The van der Waals surface area contributed by atoms with Gasteiger partial charge in [-0.1, -0.05) is 0 Å². The number of rotatable bonds is 2. The SMILES string of the molecule is COC(C)C1NCCc2sccc21. The van der Waals surface area contributed by atoms with E-state index in [0.717, 1.165) is 6.54 Å². The van der Waals surface area contributed by atoms with Gasteiger partial charge in [-0.05, 0) is 30.4 Å². The van der Waals surface area contributed by atoms with Gasteiger partial charge in [-0.15, -0.1) is 11.3 Å². The summed E-state index contributed by atoms with van der Waals surface area (Å²) in [4.78, 5) is 1.52. The van der Waals surface area contributed by atoms with Crippen LogP contribution in [0.1, 0.15) is 23.4 Å². The van der Waals surface area contributed by atoms with Crippen LogP contribution in [0.4, 0.5) is 0 Å². The standard InChI is InChI=1S/C10H15NOS/c1-7(12-2)10-8-4-6-13-9(8)3-5-11-10/h4,6-7,10-11H,3,5H2,1-2H3. The second-order valence-corrected chi connectivity index (χ2v) is 4.42. The van der Waals surface area contributed by atoms with E-state index in [1.807, 2.05) is 11.3 Å². The highest BCUT2D eigenvalue weighted by Crippen LogP contribution is 2.30. The zero-order valence-electron chi connectivity index (χ0n) is 8.04. The third-order valence-electron chi connectivity index (χ3n) is 2.67. The molecule has 1 aromatic rings. The van der Waals surface area contributed by atoms with Gasteiger partial charge in [0.2, 0.25) is 0 Å². The van der Waals surface area contributed by atoms with Crippen LogP contribution in [-0.2, 0) is 11.2 Å². The van der Waals surface area contributed by atoms with Crippen LogP contribution in [0.25, 0.3) is 0 Å². The fraction of sp³-hybridized carbons (Fsp3) is 0.600. The summed E-state index contributed by atoms with van der Waals surface area (Å²) in [5.74, 6) is 0. The van der Waals surface area contributed by atoms with Crippen LogP contribution in [0.2, 0.25) is 0 Å². The van der Waals surface area contributed by atoms with Crippen LogP contribution in [0.5, 0.6) is 0 Å². The Morgan fingerprint density at radius 2 is 2.54 bits per heavy atom. The maximum absolute atomic E-state index is 5.36. The minimum Gasteiger partial charge on any atom is -0.380 e. The summed E-state index contributed by atoms with van der Waals surface area (Å²) >= 11 is 1.86. The van der Waals surface area contributed by atoms with E-state index >= 15 is 0 Å². The number of fused-ring (bicyclic) bond motifs is 1. The van der Waals surface area contributed by atoms with Gasteiger partial charge in [0.15, 0.2) is 0 Å². The fourth-order valence-electron chi connectivity index (χ4n) is 1.84. The summed E-state index contributed by atoms with van der Waals surface area (Å²) < 4.78 is 5.36. The maximum Gasteiger partial charge on any atom is 0.0738 e. The first kappa shape index (κ1) is 9.19. The Hall–Kier alpha value is -0.380. The van der Waals surface area contributed by atoms with Crippen molar-refractivity contribution in [3.8, 4) is 0 Å². The molecule has 0 amide bonds. The van der Waals surface area contributed by atoms with Crippen LogP contribution < -0.4 is 5.32 Å². The zero-order valence-corrected chi connectivity index (χ0v) is 8.86. The molecule has 1 aromatic heterocycles. The highest BCUT2D eigenvalue weighted by atomic mass is 32.1. The Balaban J connectivity index is 2.24. The summed E-state index contributed by atoms with van der Waals surface area (Å²) in [5.41, 5.74) is 1.44. The molecule has 0 saturated heterocycles. The Bertz CT molecular complexity index is 284. The van der Waals surface area contributed by atoms with Crippen molar-refractivity contribution in [2.45, 2.75) is 25.5 Å². The Morgan fingerprint density at radius 3 is 3.31 bits per heavy atom. The largest absolute Gasteiger partial charge is 0.380 e. The van der Waals surface area contributed by atoms with Gasteiger partial charge < -0.3 is 10.1 Å². The van der Waals surface area contributed by atoms with Gasteiger partial charge >= 0.3 is 0 Å². The van der Waals surface area contributed by atoms with E-state index < -0.39 is 0 Å². The van der Waals surface area contributed by atoms with E-state index in [9.17, 15) is 0 Å². The first-order chi connectivity index (χ1) is 6.33. The quantitative estimate of drug-likeness (QED) is 0.782. The van der Waals surface area contributed by atoms with E-state index in [2.05, 4.69) is 23.7 Å². The minimum atomic E-state index is 0.258. The molecular weight excluding hydrogens is 182 g/mol. The van der Waals surface area contributed by atoms with Crippen molar-refractivity contribution in [1.82, 2.24) is 5.32 Å². The average molecular weight is 197 g/mol. The molecule has 1 N–H and O–H groups in total. The molecule has 0 saturated carbocycles. The first-order valence-corrected chi connectivity index (χ1v) is 5.53. The Morgan fingerprint density at radius 1 is 1.69 bits per heavy atom. The van der Waals surface area contributed by atoms with Gasteiger partial charge in [0, 0.05) is 18.5 Å². The number of hydrogen-bond donors (Lipinski definition) is 1. The lowest BCUT2D eigenvalue weighted by molar-refractivity contribution is 0.0811. The van der Waals surface area contributed by atoms with Gasteiger partial charge in [-0.25, -0.2) is 0 Å². The molecule has 0 aromatic carbocycles. The molecule has 1 aliphatic heterocycles. The van der Waals surface area contributed by atoms with Gasteiger partial charge in [-0.3, -0.25) is 0 Å². The van der Waals surface area contributed by atoms with Crippen LogP contribution in [-0.4, -0.2) is 19.8 Å². The Kier molecular flexibility index (Phi) is 2.67. The molecule has 0 radical (unpaired) electrons. The van der Waals surface area contributed by atoms with E-state index in [1.54, 1.807) is 7.11 Å². The van der Waals surface area contributed by atoms with E-state index in [-0.39, 0.29) is 6.10 Å². The van der Waals surface area contributed by atoms with Crippen LogP contribution in [0.3, 0.4) is 0 Å². The highest BCUT2D eigenvalue weighted by molar-refractivity contribution is 7.10. The molecule has 0 bridgehead atoms. The fourth-order valence-corrected chi connectivity index (χ4v) is 2.77. The molecular formula is C10H15NOS. The maximum atomic E-state index is 5.36. The van der Waals surface area contributed by atoms with Gasteiger partial charge in [0.1, 0.15) is 0 Å². The van der Waals surface area contributed by atoms with Crippen molar-refractivity contribution < 1.29 is 4.74 Å². The predicted octanol–water partition coefficient (Wildman–Crippen LogP) is 1.97. The average Bonchev–Trinajstić information content (AvgIpc) is 2.63. The minimum absolute atomic E-state index is 0.258. The lowest BCUT2D eigenvalue weighted by Crippen LogP contribution is -2.36. The molecule has 1 aliphatic rings. The van der Waals surface area contributed by atoms with E-state index in [4.69, 9.17) is 4.74 Å². The van der Waals surface area contributed by atoms with E-state index in [1.165, 1.54) is 16.9 Å². The van der Waals surface area contributed by atoms with Crippen molar-refractivity contribution in [1.29, 1.82) is 0 Å². The number of hydrogen-bond acceptors (Lipinski definition) is 3. The van der Waals surface area contributed by atoms with Gasteiger partial charge in [0.25, 0.3) is 0 Å². The third kappa shape index (κ3) is 1.64. The number of methoxy groups -OCH3 is 1. The van der Waals surface area contributed by atoms with Crippen LogP contribution in [0.15, 0.2) is 11.4 Å². The number of ether oxygens (including phenoxy) is 1. The van der Waals surface area contributed by atoms with E-state index in [0.29, 0.717) is 6.04 Å². The zero-order chi connectivity index (χ0) is 9.26. The monoisotopic (exact) mass is 197 g/mol. The van der Waals surface area contributed by atoms with Crippen molar-refractivity contribution in [2.75, 3.05) is 13.7 Å². The molecule has 2 heterocycles. The molecule has 72 valence electrons. The molecule has 2 nitrogen and oxygen atoms in total. The van der Waals surface area contributed by atoms with Gasteiger partial charge in [0.05, 0.1) is 12.1 Å². The molecule has 2 unspecified atom stereocenters. The molecule has 0 spiro atoms. The topological polar surface area (TPSA) is 21.3 Å². The van der Waals surface area contributed by atoms with Crippen LogP contribution in [0, 0.1) is 0 Å². The molecule has 0 fully saturated rings. The molecule has 2 rings (SSSR count). The second kappa shape index (κ2) is 3.78. The predicted molar refractivity (Wildman–Crippen MR) is 55.2 cm³/mol. The molecule has 0 aliphatic carbocycles. The summed E-state index contributed by atoms with van der Waals surface area (Å²) in [6, 6.07) is 2.60. The number of nitrogens with one attached hydrogen (secondary N) is 1. The smallest absolute Gasteiger partial charge is 0.0738 e. The Labute approximate surface area is 82.9 Å². The summed E-state index contributed by atoms with van der Waals surface area (Å²) in [6.07, 6.45) is 1.42. The lowest BCUT2D eigenvalue weighted by atomic mass is 9.98. The van der Waals surface area contributed by atoms with Gasteiger partial charge in [-0.2, -0.15) is 0 Å². The summed E-state index contributed by atoms with van der Waals surface area (Å²) in [6.45, 7) is 3.19. The summed E-state index contributed by atoms with van der Waals surface area (Å²) in [5, 5.41) is 5.67. The van der Waals surface area contributed by atoms with Crippen molar-refractivity contribution in [3.05, 3.63) is 21.9 Å². The lowest BCUT2D eigenvalue weighted by Gasteiger charge is -2.28. The molecule has 13 heavy (non-hydrogen) atoms. The second-order valence-electron chi connectivity index (χ2n) is 3.42. The summed E-state index contributed by atoms with van der Waals surface area (Å²) in [7, 11) is 1.77. The third-order valence-corrected chi connectivity index (χ3v) is 3.67. The normalized spacial score (nSPS) is 24.0. The highest BCUT2D eigenvalue weighted by Gasteiger charge is 2.25. The number of thiophene rings is 1. The van der Waals surface area contributed by atoms with Crippen molar-refractivity contribution in [3.63, 3.8) is 0 Å². The van der Waals surface area contributed by atoms with Crippen LogP contribution >= 0.6 is 11.3 Å².